The molecule has 2 aliphatic rings. The largest absolute Gasteiger partial charge is 0.486 e. The number of benzene rings is 1. The number of hydrogen-bond acceptors (Lipinski definition) is 9. The average molecular weight is 449 g/mol. The Balaban J connectivity index is 1.20. The maximum atomic E-state index is 12.8. The second kappa shape index (κ2) is 8.88. The molecule has 1 saturated heterocycles. The number of nitriles is 1. The lowest BCUT2D eigenvalue weighted by molar-refractivity contribution is -0.120. The molecule has 1 amide bonds. The number of piperazine rings is 1. The van der Waals surface area contributed by atoms with E-state index in [1.54, 1.807) is 30.3 Å². The lowest BCUT2D eigenvalue weighted by Gasteiger charge is -2.37. The maximum Gasteiger partial charge on any atom is 0.266 e. The molecule has 5 rings (SSSR count). The van der Waals surface area contributed by atoms with Crippen molar-refractivity contribution >= 4 is 17.5 Å². The molecule has 1 fully saturated rings. The van der Waals surface area contributed by atoms with Gasteiger partial charge in [-0.05, 0) is 31.2 Å². The Bertz CT molecular complexity index is 1170. The minimum absolute atomic E-state index is 0.0994. The Morgan fingerprint density at radius 2 is 1.94 bits per heavy atom. The molecule has 2 aliphatic heterocycles. The third-order valence-corrected chi connectivity index (χ3v) is 5.79. The van der Waals surface area contributed by atoms with Gasteiger partial charge in [0.05, 0.1) is 12.3 Å². The molecule has 33 heavy (non-hydrogen) atoms. The molecule has 1 aromatic carbocycles. The van der Waals surface area contributed by atoms with Gasteiger partial charge in [-0.2, -0.15) is 10.2 Å². The molecule has 2 aromatic heterocycles. The van der Waals surface area contributed by atoms with Crippen LogP contribution in [0.1, 0.15) is 12.6 Å². The van der Waals surface area contributed by atoms with Gasteiger partial charge < -0.3 is 28.5 Å². The van der Waals surface area contributed by atoms with Crippen LogP contribution in [0.3, 0.4) is 0 Å². The van der Waals surface area contributed by atoms with Crippen molar-refractivity contribution in [2.75, 3.05) is 49.6 Å². The predicted molar refractivity (Wildman–Crippen MR) is 118 cm³/mol. The number of oxazole rings is 1. The minimum atomic E-state index is -0.329. The van der Waals surface area contributed by atoms with Crippen LogP contribution < -0.4 is 19.7 Å². The van der Waals surface area contributed by atoms with Crippen LogP contribution in [-0.4, -0.2) is 61.2 Å². The summed E-state index contributed by atoms with van der Waals surface area (Å²) in [5, 5.41) is 12.4. The van der Waals surface area contributed by atoms with Gasteiger partial charge in [-0.15, -0.1) is 0 Å². The van der Waals surface area contributed by atoms with E-state index in [9.17, 15) is 10.1 Å². The number of rotatable bonds is 5. The smallest absolute Gasteiger partial charge is 0.266 e. The number of carbonyl (C=O) groups excluding carboxylic acids is 1. The van der Waals surface area contributed by atoms with Crippen LogP contribution in [0.4, 0.5) is 11.6 Å². The van der Waals surface area contributed by atoms with Crippen molar-refractivity contribution in [3.8, 4) is 29.2 Å². The third-order valence-electron chi connectivity index (χ3n) is 5.79. The van der Waals surface area contributed by atoms with Crippen LogP contribution in [0.2, 0.25) is 0 Å². The van der Waals surface area contributed by atoms with Crippen LogP contribution in [0.5, 0.6) is 11.5 Å². The van der Waals surface area contributed by atoms with Gasteiger partial charge in [0.2, 0.25) is 17.5 Å². The second-order valence-electron chi connectivity index (χ2n) is 7.81. The first-order chi connectivity index (χ1) is 16.1. The predicted octanol–water partition coefficient (Wildman–Crippen LogP) is 2.73. The first kappa shape index (κ1) is 20.9. The van der Waals surface area contributed by atoms with E-state index >= 15 is 0 Å². The fourth-order valence-corrected chi connectivity index (χ4v) is 3.95. The highest BCUT2D eigenvalue weighted by Gasteiger charge is 2.29. The molecule has 10 nitrogen and oxygen atoms in total. The number of fused-ring (bicyclic) bond motifs is 1. The Labute approximate surface area is 190 Å². The number of amides is 1. The molecule has 1 N–H and O–H groups in total. The number of furan rings is 1. The molecule has 0 radical (unpaired) electrons. The molecule has 1 unspecified atom stereocenters. The standard InChI is InChI=1S/C23H23N5O5/c1-15(21(29)25-16-4-5-18-20(13-16)32-12-11-31-18)27-6-8-28(9-7-27)23-17(14-24)26-22(33-23)19-3-2-10-30-19/h2-5,10,13,15H,6-9,11-12H2,1H3,(H,25,29). The van der Waals surface area contributed by atoms with E-state index in [2.05, 4.69) is 21.3 Å². The average Bonchev–Trinajstić information content (AvgIpc) is 3.53. The van der Waals surface area contributed by atoms with E-state index in [0.29, 0.717) is 68.2 Å². The van der Waals surface area contributed by atoms with Gasteiger partial charge in [0.15, 0.2) is 17.3 Å². The Hall–Kier alpha value is -3.97. The number of ether oxygens (including phenoxy) is 2. The zero-order valence-corrected chi connectivity index (χ0v) is 18.1. The Morgan fingerprint density at radius 1 is 1.15 bits per heavy atom. The summed E-state index contributed by atoms with van der Waals surface area (Å²) in [5.74, 6) is 2.40. The van der Waals surface area contributed by atoms with Gasteiger partial charge in [-0.1, -0.05) is 0 Å². The monoisotopic (exact) mass is 449 g/mol. The number of carbonyl (C=O) groups is 1. The molecule has 0 saturated carbocycles. The highest BCUT2D eigenvalue weighted by atomic mass is 16.6. The van der Waals surface area contributed by atoms with Gasteiger partial charge in [0, 0.05) is 37.9 Å². The van der Waals surface area contributed by atoms with Crippen LogP contribution in [0.15, 0.2) is 45.4 Å². The van der Waals surface area contributed by atoms with Crippen LogP contribution in [0, 0.1) is 11.3 Å². The number of anilines is 2. The lowest BCUT2D eigenvalue weighted by atomic mass is 10.2. The van der Waals surface area contributed by atoms with Crippen molar-refractivity contribution in [3.05, 3.63) is 42.3 Å². The Kier molecular flexibility index (Phi) is 5.62. The number of aromatic nitrogens is 1. The summed E-state index contributed by atoms with van der Waals surface area (Å²) in [4.78, 5) is 21.2. The summed E-state index contributed by atoms with van der Waals surface area (Å²) in [6.45, 7) is 5.37. The van der Waals surface area contributed by atoms with Crippen molar-refractivity contribution in [1.82, 2.24) is 9.88 Å². The first-order valence-electron chi connectivity index (χ1n) is 10.8. The molecular formula is C23H23N5O5. The summed E-state index contributed by atoms with van der Waals surface area (Å²) in [6.07, 6.45) is 1.53. The Morgan fingerprint density at radius 3 is 2.67 bits per heavy atom. The minimum Gasteiger partial charge on any atom is -0.486 e. The van der Waals surface area contributed by atoms with Crippen molar-refractivity contribution < 1.29 is 23.1 Å². The van der Waals surface area contributed by atoms with Gasteiger partial charge in [0.1, 0.15) is 19.3 Å². The van der Waals surface area contributed by atoms with E-state index in [4.69, 9.17) is 18.3 Å². The van der Waals surface area contributed by atoms with E-state index in [1.165, 1.54) is 6.26 Å². The topological polar surface area (TPSA) is 117 Å². The second-order valence-corrected chi connectivity index (χ2v) is 7.81. The molecule has 170 valence electrons. The van der Waals surface area contributed by atoms with E-state index < -0.39 is 0 Å². The van der Waals surface area contributed by atoms with Crippen molar-refractivity contribution in [2.45, 2.75) is 13.0 Å². The van der Waals surface area contributed by atoms with Crippen molar-refractivity contribution in [2.24, 2.45) is 0 Å². The maximum absolute atomic E-state index is 12.8. The first-order valence-corrected chi connectivity index (χ1v) is 10.8. The molecular weight excluding hydrogens is 426 g/mol. The highest BCUT2D eigenvalue weighted by Crippen LogP contribution is 2.33. The number of nitrogens with one attached hydrogen (secondary N) is 1. The van der Waals surface area contributed by atoms with Gasteiger partial charge in [-0.25, -0.2) is 0 Å². The molecule has 10 heteroatoms. The highest BCUT2D eigenvalue weighted by molar-refractivity contribution is 5.94. The van der Waals surface area contributed by atoms with Gasteiger partial charge >= 0.3 is 0 Å². The molecule has 1 atom stereocenters. The van der Waals surface area contributed by atoms with E-state index in [0.717, 1.165) is 0 Å². The molecule has 3 aromatic rings. The van der Waals surface area contributed by atoms with Crippen LogP contribution in [-0.2, 0) is 4.79 Å². The fourth-order valence-electron chi connectivity index (χ4n) is 3.95. The van der Waals surface area contributed by atoms with Gasteiger partial charge in [0.25, 0.3) is 5.89 Å². The molecule has 4 heterocycles. The third kappa shape index (κ3) is 4.23. The van der Waals surface area contributed by atoms with Gasteiger partial charge in [-0.3, -0.25) is 9.69 Å². The number of hydrogen-bond donors (Lipinski definition) is 1. The zero-order chi connectivity index (χ0) is 22.8. The van der Waals surface area contributed by atoms with Crippen molar-refractivity contribution in [1.29, 1.82) is 5.26 Å². The van der Waals surface area contributed by atoms with E-state index in [-0.39, 0.29) is 23.5 Å². The summed E-state index contributed by atoms with van der Waals surface area (Å²) < 4.78 is 22.3. The van der Waals surface area contributed by atoms with Crippen molar-refractivity contribution in [3.63, 3.8) is 0 Å². The molecule has 0 spiro atoms. The summed E-state index contributed by atoms with van der Waals surface area (Å²) in [5.41, 5.74) is 0.889. The normalized spacial score (nSPS) is 16.8. The quantitative estimate of drug-likeness (QED) is 0.627. The SMILES string of the molecule is CC(C(=O)Nc1ccc2c(c1)OCCO2)N1CCN(c2oc(-c3ccco3)nc2C#N)CC1. The number of nitrogens with zero attached hydrogens (tertiary/aromatic N) is 4. The lowest BCUT2D eigenvalue weighted by Crippen LogP contribution is -2.52. The zero-order valence-electron chi connectivity index (χ0n) is 18.1. The molecule has 0 bridgehead atoms. The van der Waals surface area contributed by atoms with Crippen LogP contribution >= 0.6 is 0 Å². The summed E-state index contributed by atoms with van der Waals surface area (Å²) in [7, 11) is 0. The molecule has 0 aliphatic carbocycles. The van der Waals surface area contributed by atoms with Crippen LogP contribution in [0.25, 0.3) is 11.7 Å². The van der Waals surface area contributed by atoms with E-state index in [1.807, 2.05) is 11.8 Å². The fraction of sp³-hybridized carbons (Fsp3) is 0.348. The summed E-state index contributed by atoms with van der Waals surface area (Å²) >= 11 is 0. The summed E-state index contributed by atoms with van der Waals surface area (Å²) in [6, 6.07) is 10.6.